The summed E-state index contributed by atoms with van der Waals surface area (Å²) in [4.78, 5) is 0. The number of halogens is 3. The second-order valence-electron chi connectivity index (χ2n) is 5.59. The summed E-state index contributed by atoms with van der Waals surface area (Å²) in [6, 6.07) is 5.38. The maximum atomic E-state index is 12.8. The van der Waals surface area contributed by atoms with E-state index in [1.54, 1.807) is 6.07 Å². The number of nitriles is 1. The molecule has 0 atom stereocenters. The third kappa shape index (κ3) is 4.38. The monoisotopic (exact) mass is 296 g/mol. The van der Waals surface area contributed by atoms with Crippen LogP contribution in [0.3, 0.4) is 0 Å². The van der Waals surface area contributed by atoms with Crippen molar-refractivity contribution in [2.75, 3.05) is 11.9 Å². The summed E-state index contributed by atoms with van der Waals surface area (Å²) in [6.07, 6.45) is 2.77. The smallest absolute Gasteiger partial charge is 0.385 e. The van der Waals surface area contributed by atoms with Gasteiger partial charge < -0.3 is 5.32 Å². The van der Waals surface area contributed by atoms with Crippen molar-refractivity contribution < 1.29 is 13.2 Å². The molecule has 1 N–H and O–H groups in total. The predicted molar refractivity (Wildman–Crippen MR) is 75.8 cm³/mol. The van der Waals surface area contributed by atoms with Crippen LogP contribution in [0.25, 0.3) is 0 Å². The standard InChI is InChI=1S/C16H19F3N2/c17-16(18,19)15-10-14(7-6-13(15)11-20)21-9-8-12-4-2-1-3-5-12/h6-7,10,12,21H,1-5,8-9H2. The molecule has 1 aliphatic rings. The lowest BCUT2D eigenvalue weighted by molar-refractivity contribution is -0.137. The van der Waals surface area contributed by atoms with Gasteiger partial charge in [-0.05, 0) is 30.5 Å². The van der Waals surface area contributed by atoms with Crippen LogP contribution in [0.4, 0.5) is 18.9 Å². The lowest BCUT2D eigenvalue weighted by atomic mass is 9.87. The average Bonchev–Trinajstić information content (AvgIpc) is 2.47. The Morgan fingerprint density at radius 2 is 1.90 bits per heavy atom. The Morgan fingerprint density at radius 3 is 2.52 bits per heavy atom. The van der Waals surface area contributed by atoms with Crippen LogP contribution in [0.5, 0.6) is 0 Å². The number of hydrogen-bond donors (Lipinski definition) is 1. The highest BCUT2D eigenvalue weighted by Crippen LogP contribution is 2.33. The molecule has 0 bridgehead atoms. The molecule has 0 aliphatic heterocycles. The van der Waals surface area contributed by atoms with Crippen LogP contribution in [-0.4, -0.2) is 6.54 Å². The van der Waals surface area contributed by atoms with Crippen LogP contribution in [0.2, 0.25) is 0 Å². The van der Waals surface area contributed by atoms with Gasteiger partial charge in [0, 0.05) is 12.2 Å². The summed E-state index contributed by atoms with van der Waals surface area (Å²) in [5.74, 6) is 0.687. The summed E-state index contributed by atoms with van der Waals surface area (Å²) < 4.78 is 38.5. The van der Waals surface area contributed by atoms with Crippen LogP contribution in [0, 0.1) is 17.2 Å². The van der Waals surface area contributed by atoms with Crippen molar-refractivity contribution in [2.45, 2.75) is 44.7 Å². The summed E-state index contributed by atoms with van der Waals surface area (Å²) in [5.41, 5.74) is -0.773. The second-order valence-corrected chi connectivity index (χ2v) is 5.59. The van der Waals surface area contributed by atoms with Gasteiger partial charge in [0.15, 0.2) is 0 Å². The molecule has 114 valence electrons. The van der Waals surface area contributed by atoms with E-state index in [0.717, 1.165) is 12.5 Å². The minimum Gasteiger partial charge on any atom is -0.385 e. The Hall–Kier alpha value is -1.70. The third-order valence-corrected chi connectivity index (χ3v) is 4.05. The topological polar surface area (TPSA) is 35.8 Å². The predicted octanol–water partition coefficient (Wildman–Crippen LogP) is 4.96. The fraction of sp³-hybridized carbons (Fsp3) is 0.562. The number of benzene rings is 1. The van der Waals surface area contributed by atoms with Crippen LogP contribution in [-0.2, 0) is 6.18 Å². The molecule has 2 nitrogen and oxygen atoms in total. The van der Waals surface area contributed by atoms with Crippen molar-refractivity contribution in [3.8, 4) is 6.07 Å². The van der Waals surface area contributed by atoms with Crippen molar-refractivity contribution >= 4 is 5.69 Å². The largest absolute Gasteiger partial charge is 0.417 e. The van der Waals surface area contributed by atoms with E-state index in [0.29, 0.717) is 18.2 Å². The highest BCUT2D eigenvalue weighted by Gasteiger charge is 2.33. The van der Waals surface area contributed by atoms with Gasteiger partial charge in [0.05, 0.1) is 17.2 Å². The first-order valence-corrected chi connectivity index (χ1v) is 7.36. The van der Waals surface area contributed by atoms with E-state index >= 15 is 0 Å². The third-order valence-electron chi connectivity index (χ3n) is 4.05. The molecule has 1 aromatic carbocycles. The zero-order chi connectivity index (χ0) is 15.3. The van der Waals surface area contributed by atoms with Crippen molar-refractivity contribution in [1.82, 2.24) is 0 Å². The zero-order valence-corrected chi connectivity index (χ0v) is 11.8. The van der Waals surface area contributed by atoms with E-state index in [2.05, 4.69) is 5.32 Å². The summed E-state index contributed by atoms with van der Waals surface area (Å²) in [7, 11) is 0. The number of anilines is 1. The maximum Gasteiger partial charge on any atom is 0.417 e. The Bertz CT molecular complexity index is 511. The molecule has 2 rings (SSSR count). The van der Waals surface area contributed by atoms with Gasteiger partial charge in [-0.1, -0.05) is 32.1 Å². The van der Waals surface area contributed by atoms with Gasteiger partial charge in [-0.15, -0.1) is 0 Å². The number of hydrogen-bond acceptors (Lipinski definition) is 2. The minimum absolute atomic E-state index is 0.333. The summed E-state index contributed by atoms with van der Waals surface area (Å²) in [5, 5.41) is 11.8. The lowest BCUT2D eigenvalue weighted by Crippen LogP contribution is -2.13. The molecular weight excluding hydrogens is 277 g/mol. The molecule has 1 aliphatic carbocycles. The van der Waals surface area contributed by atoms with Crippen molar-refractivity contribution in [3.63, 3.8) is 0 Å². The first-order chi connectivity index (χ1) is 10.0. The van der Waals surface area contributed by atoms with Gasteiger partial charge in [0.25, 0.3) is 0 Å². The SMILES string of the molecule is N#Cc1ccc(NCCC2CCCCC2)cc1C(F)(F)F. The van der Waals surface area contributed by atoms with E-state index in [1.807, 2.05) is 0 Å². The van der Waals surface area contributed by atoms with Gasteiger partial charge in [0.1, 0.15) is 0 Å². The number of nitrogens with one attached hydrogen (secondary N) is 1. The number of nitrogens with zero attached hydrogens (tertiary/aromatic N) is 1. The molecular formula is C16H19F3N2. The molecule has 21 heavy (non-hydrogen) atoms. The minimum atomic E-state index is -4.49. The highest BCUT2D eigenvalue weighted by molar-refractivity contribution is 5.53. The van der Waals surface area contributed by atoms with Gasteiger partial charge >= 0.3 is 6.18 Å². The molecule has 0 heterocycles. The fourth-order valence-corrected chi connectivity index (χ4v) is 2.88. The van der Waals surface area contributed by atoms with Gasteiger partial charge in [-0.3, -0.25) is 0 Å². The summed E-state index contributed by atoms with van der Waals surface area (Å²) >= 11 is 0. The molecule has 1 saturated carbocycles. The molecule has 0 unspecified atom stereocenters. The van der Waals surface area contributed by atoms with Crippen LogP contribution in [0.15, 0.2) is 18.2 Å². The van der Waals surface area contributed by atoms with Gasteiger partial charge in [-0.2, -0.15) is 18.4 Å². The average molecular weight is 296 g/mol. The molecule has 1 fully saturated rings. The van der Waals surface area contributed by atoms with Crippen molar-refractivity contribution in [2.24, 2.45) is 5.92 Å². The van der Waals surface area contributed by atoms with E-state index in [-0.39, 0.29) is 5.56 Å². The molecule has 1 aromatic rings. The normalized spacial score (nSPS) is 16.5. The Kier molecular flexibility index (Phi) is 5.11. The fourth-order valence-electron chi connectivity index (χ4n) is 2.88. The van der Waals surface area contributed by atoms with E-state index in [1.165, 1.54) is 44.2 Å². The number of rotatable bonds is 4. The van der Waals surface area contributed by atoms with Crippen LogP contribution in [0.1, 0.15) is 49.7 Å². The molecule has 0 radical (unpaired) electrons. The molecule has 0 amide bonds. The first kappa shape index (κ1) is 15.7. The van der Waals surface area contributed by atoms with Crippen LogP contribution < -0.4 is 5.32 Å². The maximum absolute atomic E-state index is 12.8. The van der Waals surface area contributed by atoms with Gasteiger partial charge in [-0.25, -0.2) is 0 Å². The molecule has 0 saturated heterocycles. The highest BCUT2D eigenvalue weighted by atomic mass is 19.4. The van der Waals surface area contributed by atoms with E-state index < -0.39 is 11.7 Å². The van der Waals surface area contributed by atoms with Crippen molar-refractivity contribution in [1.29, 1.82) is 5.26 Å². The quantitative estimate of drug-likeness (QED) is 0.852. The molecule has 0 aromatic heterocycles. The molecule has 5 heteroatoms. The zero-order valence-electron chi connectivity index (χ0n) is 11.8. The second kappa shape index (κ2) is 6.84. The summed E-state index contributed by atoms with van der Waals surface area (Å²) in [6.45, 7) is 0.674. The Balaban J connectivity index is 1.96. The van der Waals surface area contributed by atoms with Crippen LogP contribution >= 0.6 is 0 Å². The Labute approximate surface area is 123 Å². The van der Waals surface area contributed by atoms with Gasteiger partial charge in [0.2, 0.25) is 0 Å². The molecule has 0 spiro atoms. The first-order valence-electron chi connectivity index (χ1n) is 7.36. The van der Waals surface area contributed by atoms with Crippen molar-refractivity contribution in [3.05, 3.63) is 29.3 Å². The van der Waals surface area contributed by atoms with E-state index in [9.17, 15) is 13.2 Å². The Morgan fingerprint density at radius 1 is 1.19 bits per heavy atom. The number of alkyl halides is 3. The lowest BCUT2D eigenvalue weighted by Gasteiger charge is -2.21. The van der Waals surface area contributed by atoms with E-state index in [4.69, 9.17) is 5.26 Å².